The third-order valence-corrected chi connectivity index (χ3v) is 4.49. The molecule has 24 heavy (non-hydrogen) atoms. The zero-order chi connectivity index (χ0) is 17.1. The highest BCUT2D eigenvalue weighted by Crippen LogP contribution is 2.31. The molecule has 0 saturated carbocycles. The predicted octanol–water partition coefficient (Wildman–Crippen LogP) is 3.37. The van der Waals surface area contributed by atoms with Crippen molar-refractivity contribution in [2.24, 2.45) is 0 Å². The Morgan fingerprint density at radius 3 is 2.62 bits per heavy atom. The van der Waals surface area contributed by atoms with Gasteiger partial charge in [0, 0.05) is 5.56 Å². The van der Waals surface area contributed by atoms with Crippen LogP contribution in [0.2, 0.25) is 0 Å². The fraction of sp³-hybridized carbons (Fsp3) is 0. The van der Waals surface area contributed by atoms with E-state index in [4.69, 9.17) is 12.2 Å². The number of amides is 2. The molecule has 1 aliphatic heterocycles. The molecule has 0 aliphatic carbocycles. The van der Waals surface area contributed by atoms with Gasteiger partial charge in [0.1, 0.15) is 5.82 Å². The number of hydrazine groups is 1. The van der Waals surface area contributed by atoms with Gasteiger partial charge in [-0.1, -0.05) is 42.1 Å². The number of hydrogen-bond acceptors (Lipinski definition) is 4. The minimum Gasteiger partial charge on any atom is -0.267 e. The number of carbonyl (C=O) groups is 2. The molecule has 0 aromatic heterocycles. The number of carbonyl (C=O) groups excluding carboxylic acids is 2. The van der Waals surface area contributed by atoms with E-state index >= 15 is 0 Å². The number of nitrogens with zero attached hydrogens (tertiary/aromatic N) is 1. The van der Waals surface area contributed by atoms with Crippen LogP contribution in [-0.2, 0) is 4.79 Å². The molecule has 0 atom stereocenters. The van der Waals surface area contributed by atoms with Gasteiger partial charge in [-0.15, -0.1) is 0 Å². The number of benzene rings is 2. The molecule has 1 heterocycles. The topological polar surface area (TPSA) is 49.4 Å². The first kappa shape index (κ1) is 16.4. The highest BCUT2D eigenvalue weighted by Gasteiger charge is 2.33. The summed E-state index contributed by atoms with van der Waals surface area (Å²) in [6.45, 7) is 0. The van der Waals surface area contributed by atoms with E-state index in [-0.39, 0.29) is 4.32 Å². The van der Waals surface area contributed by atoms with Crippen molar-refractivity contribution >= 4 is 46.2 Å². The summed E-state index contributed by atoms with van der Waals surface area (Å²) < 4.78 is 13.5. The molecule has 2 aromatic carbocycles. The van der Waals surface area contributed by atoms with Gasteiger partial charge in [-0.25, -0.2) is 4.39 Å². The van der Waals surface area contributed by atoms with Crippen LogP contribution in [0.3, 0.4) is 0 Å². The lowest BCUT2D eigenvalue weighted by molar-refractivity contribution is -0.123. The number of thiocarbonyl (C=S) groups is 1. The number of thioether (sulfide) groups is 1. The van der Waals surface area contributed by atoms with E-state index in [9.17, 15) is 14.0 Å². The molecule has 2 amide bonds. The maximum absolute atomic E-state index is 13.2. The maximum atomic E-state index is 13.2. The van der Waals surface area contributed by atoms with E-state index in [0.717, 1.165) is 16.8 Å². The van der Waals surface area contributed by atoms with E-state index < -0.39 is 17.6 Å². The van der Waals surface area contributed by atoms with Gasteiger partial charge >= 0.3 is 0 Å². The lowest BCUT2D eigenvalue weighted by Gasteiger charge is -2.15. The summed E-state index contributed by atoms with van der Waals surface area (Å²) in [6.07, 6.45) is 1.54. The average Bonchev–Trinajstić information content (AvgIpc) is 2.83. The van der Waals surface area contributed by atoms with Crippen LogP contribution in [0, 0.1) is 5.82 Å². The normalized spacial score (nSPS) is 15.9. The lowest BCUT2D eigenvalue weighted by atomic mass is 10.2. The van der Waals surface area contributed by atoms with Crippen LogP contribution in [0.4, 0.5) is 4.39 Å². The van der Waals surface area contributed by atoms with Crippen LogP contribution in [0.15, 0.2) is 59.5 Å². The lowest BCUT2D eigenvalue weighted by Crippen LogP contribution is -2.44. The Labute approximate surface area is 147 Å². The molecule has 7 heteroatoms. The van der Waals surface area contributed by atoms with Gasteiger partial charge in [0.2, 0.25) is 0 Å². The van der Waals surface area contributed by atoms with Crippen molar-refractivity contribution in [1.29, 1.82) is 0 Å². The summed E-state index contributed by atoms with van der Waals surface area (Å²) in [5.41, 5.74) is 3.45. The number of rotatable bonds is 3. The fourth-order valence-corrected chi connectivity index (χ4v) is 3.25. The zero-order valence-electron chi connectivity index (χ0n) is 12.2. The summed E-state index contributed by atoms with van der Waals surface area (Å²) in [7, 11) is 0. The molecule has 1 saturated heterocycles. The van der Waals surface area contributed by atoms with Crippen molar-refractivity contribution in [1.82, 2.24) is 10.4 Å². The Morgan fingerprint density at radius 1 is 1.17 bits per heavy atom. The first-order valence-corrected chi connectivity index (χ1v) is 8.16. The number of halogens is 1. The van der Waals surface area contributed by atoms with E-state index in [1.165, 1.54) is 18.2 Å². The summed E-state index contributed by atoms with van der Waals surface area (Å²) in [6, 6.07) is 14.4. The Hall–Kier alpha value is -2.51. The Bertz CT molecular complexity index is 853. The highest BCUT2D eigenvalue weighted by molar-refractivity contribution is 8.26. The number of hydrogen-bond donors (Lipinski definition) is 1. The van der Waals surface area contributed by atoms with Crippen molar-refractivity contribution in [2.75, 3.05) is 0 Å². The second kappa shape index (κ2) is 6.94. The van der Waals surface area contributed by atoms with E-state index in [2.05, 4.69) is 5.43 Å². The van der Waals surface area contributed by atoms with Crippen molar-refractivity contribution in [2.45, 2.75) is 0 Å². The summed E-state index contributed by atoms with van der Waals surface area (Å²) in [5, 5.41) is 1.03. The largest absolute Gasteiger partial charge is 0.285 e. The van der Waals surface area contributed by atoms with Crippen LogP contribution in [0.5, 0.6) is 0 Å². The van der Waals surface area contributed by atoms with Crippen molar-refractivity contribution in [3.63, 3.8) is 0 Å². The van der Waals surface area contributed by atoms with Gasteiger partial charge in [-0.05, 0) is 48.1 Å². The van der Waals surface area contributed by atoms with Crippen molar-refractivity contribution in [3.8, 4) is 0 Å². The van der Waals surface area contributed by atoms with Crippen molar-refractivity contribution in [3.05, 3.63) is 76.4 Å². The minimum atomic E-state index is -0.446. The standard InChI is InChI=1S/C17H11FN2O2S2/c18-13-8-4-5-11(9-13)10-14-16(22)20(17(23)24-14)19-15(21)12-6-2-1-3-7-12/h1-10H,(H,19,21)/b14-10+. The molecule has 120 valence electrons. The molecular formula is C17H11FN2O2S2. The SMILES string of the molecule is O=C(NN1C(=O)/C(=C\c2cccc(F)c2)SC1=S)c1ccccc1. The van der Waals surface area contributed by atoms with Crippen LogP contribution < -0.4 is 5.43 Å². The molecule has 0 unspecified atom stereocenters. The highest BCUT2D eigenvalue weighted by atomic mass is 32.2. The third kappa shape index (κ3) is 3.52. The quantitative estimate of drug-likeness (QED) is 0.675. The molecule has 1 fully saturated rings. The second-order valence-electron chi connectivity index (χ2n) is 4.88. The Kier molecular flexibility index (Phi) is 4.73. The zero-order valence-corrected chi connectivity index (χ0v) is 13.9. The molecule has 0 bridgehead atoms. The monoisotopic (exact) mass is 358 g/mol. The van der Waals surface area contributed by atoms with Gasteiger partial charge in [-0.2, -0.15) is 5.01 Å². The van der Waals surface area contributed by atoms with Gasteiger partial charge in [0.15, 0.2) is 4.32 Å². The van der Waals surface area contributed by atoms with Crippen LogP contribution in [0.25, 0.3) is 6.08 Å². The van der Waals surface area contributed by atoms with Gasteiger partial charge in [-0.3, -0.25) is 15.0 Å². The Morgan fingerprint density at radius 2 is 1.92 bits per heavy atom. The molecule has 4 nitrogen and oxygen atoms in total. The molecule has 0 radical (unpaired) electrons. The minimum absolute atomic E-state index is 0.215. The summed E-state index contributed by atoms with van der Waals surface area (Å²) >= 11 is 6.19. The summed E-state index contributed by atoms with van der Waals surface area (Å²) in [4.78, 5) is 24.9. The molecule has 2 aromatic rings. The van der Waals surface area contributed by atoms with E-state index in [1.54, 1.807) is 42.5 Å². The fourth-order valence-electron chi connectivity index (χ4n) is 2.07. The van der Waals surface area contributed by atoms with E-state index in [1.807, 2.05) is 0 Å². The number of nitrogens with one attached hydrogen (secondary N) is 1. The smallest absolute Gasteiger partial charge is 0.267 e. The van der Waals surface area contributed by atoms with Gasteiger partial charge < -0.3 is 0 Å². The first-order chi connectivity index (χ1) is 11.5. The second-order valence-corrected chi connectivity index (χ2v) is 6.55. The van der Waals surface area contributed by atoms with Crippen molar-refractivity contribution < 1.29 is 14.0 Å². The molecule has 1 aliphatic rings. The molecule has 0 spiro atoms. The average molecular weight is 358 g/mol. The predicted molar refractivity (Wildman–Crippen MR) is 95.3 cm³/mol. The Balaban J connectivity index is 1.78. The molecular weight excluding hydrogens is 347 g/mol. The van der Waals surface area contributed by atoms with Crippen LogP contribution >= 0.6 is 24.0 Å². The van der Waals surface area contributed by atoms with Gasteiger partial charge in [0.25, 0.3) is 11.8 Å². The summed E-state index contributed by atoms with van der Waals surface area (Å²) in [5.74, 6) is -1.27. The molecule has 3 rings (SSSR count). The van der Waals surface area contributed by atoms with Crippen LogP contribution in [-0.4, -0.2) is 21.1 Å². The third-order valence-electron chi connectivity index (χ3n) is 3.19. The van der Waals surface area contributed by atoms with E-state index in [0.29, 0.717) is 16.0 Å². The maximum Gasteiger partial charge on any atom is 0.285 e. The van der Waals surface area contributed by atoms with Crippen LogP contribution in [0.1, 0.15) is 15.9 Å². The molecule has 1 N–H and O–H groups in total. The first-order valence-electron chi connectivity index (χ1n) is 6.94. The van der Waals surface area contributed by atoms with Gasteiger partial charge in [0.05, 0.1) is 4.91 Å².